The molecule has 0 aliphatic carbocycles. The van der Waals surface area contributed by atoms with Gasteiger partial charge in [-0.2, -0.15) is 0 Å². The molecule has 3 aromatic rings. The minimum atomic E-state index is -0.418. The average Bonchev–Trinajstić information content (AvgIpc) is 3.40. The van der Waals surface area contributed by atoms with E-state index in [1.807, 2.05) is 29.0 Å². The fraction of sp³-hybridized carbons (Fsp3) is 0.304. The zero-order valence-corrected chi connectivity index (χ0v) is 16.2. The van der Waals surface area contributed by atoms with Crippen molar-refractivity contribution in [2.24, 2.45) is 0 Å². The molecule has 0 unspecified atom stereocenters. The van der Waals surface area contributed by atoms with Gasteiger partial charge in [-0.15, -0.1) is 0 Å². The summed E-state index contributed by atoms with van der Waals surface area (Å²) in [5.41, 5.74) is 1.50. The Hall–Kier alpha value is -2.99. The molecule has 0 radical (unpaired) electrons. The van der Waals surface area contributed by atoms with Crippen molar-refractivity contribution in [3.8, 4) is 0 Å². The van der Waals surface area contributed by atoms with E-state index in [0.717, 1.165) is 30.8 Å². The smallest absolute Gasteiger partial charge is 0.254 e. The number of carbonyl (C=O) groups excluding carboxylic acids is 1. The average molecular weight is 393 g/mol. The van der Waals surface area contributed by atoms with Gasteiger partial charge in [-0.1, -0.05) is 36.4 Å². The summed E-state index contributed by atoms with van der Waals surface area (Å²) in [6, 6.07) is 15.9. The van der Waals surface area contributed by atoms with Crippen LogP contribution in [-0.4, -0.2) is 39.6 Å². The number of carbonyl (C=O) groups is 1. The molecule has 29 heavy (non-hydrogen) atoms. The van der Waals surface area contributed by atoms with Gasteiger partial charge in [0.05, 0.1) is 12.6 Å². The van der Waals surface area contributed by atoms with Crippen molar-refractivity contribution in [1.29, 1.82) is 0 Å². The lowest BCUT2D eigenvalue weighted by Crippen LogP contribution is -2.37. The van der Waals surface area contributed by atoms with Crippen molar-refractivity contribution in [3.05, 3.63) is 89.8 Å². The van der Waals surface area contributed by atoms with Crippen molar-refractivity contribution < 1.29 is 13.9 Å². The van der Waals surface area contributed by atoms with Crippen LogP contribution in [0.25, 0.3) is 0 Å². The Bertz CT molecular complexity index is 952. The molecule has 0 bridgehead atoms. The maximum absolute atomic E-state index is 13.7. The number of hydrogen-bond acceptors (Lipinski definition) is 3. The third-order valence-electron chi connectivity index (χ3n) is 5.14. The highest BCUT2D eigenvalue weighted by Gasteiger charge is 2.25. The van der Waals surface area contributed by atoms with E-state index in [2.05, 4.69) is 17.1 Å². The first-order valence-electron chi connectivity index (χ1n) is 9.89. The van der Waals surface area contributed by atoms with Crippen molar-refractivity contribution in [2.45, 2.75) is 32.0 Å². The summed E-state index contributed by atoms with van der Waals surface area (Å²) >= 11 is 0. The van der Waals surface area contributed by atoms with Crippen LogP contribution in [0, 0.1) is 5.82 Å². The normalized spacial score (nSPS) is 16.1. The lowest BCUT2D eigenvalue weighted by molar-refractivity contribution is 0.0498. The number of benzene rings is 2. The van der Waals surface area contributed by atoms with Gasteiger partial charge >= 0.3 is 0 Å². The summed E-state index contributed by atoms with van der Waals surface area (Å²) in [4.78, 5) is 19.3. The van der Waals surface area contributed by atoms with Crippen LogP contribution >= 0.6 is 0 Å². The monoisotopic (exact) mass is 393 g/mol. The molecule has 6 heteroatoms. The standard InChI is InChI=1S/C23H24FN3O2/c24-20-9-4-8-19(14-20)23(28)27(16-21-10-5-13-29-21)17-22-25-11-12-26(22)15-18-6-2-1-3-7-18/h1-4,6-9,11-12,14,21H,5,10,13,15-17H2/t21-/m1/s1. The number of hydrogen-bond donors (Lipinski definition) is 0. The van der Waals surface area contributed by atoms with Gasteiger partial charge in [0.1, 0.15) is 11.6 Å². The lowest BCUT2D eigenvalue weighted by atomic mass is 10.1. The Balaban J connectivity index is 1.55. The number of nitrogens with zero attached hydrogens (tertiary/aromatic N) is 3. The maximum Gasteiger partial charge on any atom is 0.254 e. The van der Waals surface area contributed by atoms with Crippen molar-refractivity contribution in [3.63, 3.8) is 0 Å². The molecule has 2 aromatic carbocycles. The number of ether oxygens (including phenoxy) is 1. The molecule has 1 saturated heterocycles. The third-order valence-corrected chi connectivity index (χ3v) is 5.14. The quantitative estimate of drug-likeness (QED) is 0.612. The van der Waals surface area contributed by atoms with Gasteiger partial charge in [0.15, 0.2) is 0 Å². The summed E-state index contributed by atoms with van der Waals surface area (Å²) in [7, 11) is 0. The first-order valence-corrected chi connectivity index (χ1v) is 9.89. The number of aromatic nitrogens is 2. The van der Waals surface area contributed by atoms with Crippen molar-refractivity contribution in [1.82, 2.24) is 14.5 Å². The number of rotatable bonds is 7. The van der Waals surface area contributed by atoms with Crippen LogP contribution < -0.4 is 0 Å². The van der Waals surface area contributed by atoms with Crippen molar-refractivity contribution >= 4 is 5.91 Å². The first-order chi connectivity index (χ1) is 14.2. The highest BCUT2D eigenvalue weighted by atomic mass is 19.1. The second-order valence-corrected chi connectivity index (χ2v) is 7.29. The molecule has 5 nitrogen and oxygen atoms in total. The fourth-order valence-electron chi connectivity index (χ4n) is 3.64. The third kappa shape index (κ3) is 4.90. The minimum absolute atomic E-state index is 0.00467. The molecule has 150 valence electrons. The minimum Gasteiger partial charge on any atom is -0.376 e. The van der Waals surface area contributed by atoms with Gasteiger partial charge in [0.25, 0.3) is 5.91 Å². The second-order valence-electron chi connectivity index (χ2n) is 7.29. The Morgan fingerprint density at radius 3 is 2.83 bits per heavy atom. The van der Waals surface area contributed by atoms with E-state index in [9.17, 15) is 9.18 Å². The zero-order valence-electron chi connectivity index (χ0n) is 16.2. The SMILES string of the molecule is O=C(c1cccc(F)c1)N(Cc1nccn1Cc1ccccc1)C[C@H]1CCCO1. The predicted molar refractivity (Wildman–Crippen MR) is 108 cm³/mol. The zero-order chi connectivity index (χ0) is 20.1. The van der Waals surface area contributed by atoms with E-state index in [1.165, 1.54) is 12.1 Å². The topological polar surface area (TPSA) is 47.4 Å². The second kappa shape index (κ2) is 9.01. The molecular formula is C23H24FN3O2. The molecule has 1 amide bonds. The van der Waals surface area contributed by atoms with Gasteiger partial charge in [0.2, 0.25) is 0 Å². The molecule has 2 heterocycles. The van der Waals surface area contributed by atoms with Gasteiger partial charge in [-0.05, 0) is 36.6 Å². The maximum atomic E-state index is 13.7. The Labute approximate surface area is 169 Å². The van der Waals surface area contributed by atoms with Gasteiger partial charge in [-0.25, -0.2) is 9.37 Å². The van der Waals surface area contributed by atoms with E-state index in [0.29, 0.717) is 25.2 Å². The summed E-state index contributed by atoms with van der Waals surface area (Å²) in [5.74, 6) is 0.157. The first kappa shape index (κ1) is 19.3. The van der Waals surface area contributed by atoms with Gasteiger partial charge in [0, 0.05) is 37.7 Å². The largest absolute Gasteiger partial charge is 0.376 e. The number of halogens is 1. The highest BCUT2D eigenvalue weighted by molar-refractivity contribution is 5.94. The van der Waals surface area contributed by atoms with Crippen LogP contribution in [0.1, 0.15) is 34.6 Å². The molecule has 1 atom stereocenters. The molecular weight excluding hydrogens is 369 g/mol. The molecule has 0 spiro atoms. The van der Waals surface area contributed by atoms with E-state index in [4.69, 9.17) is 4.74 Å². The number of amides is 1. The molecule has 1 aromatic heterocycles. The van der Waals surface area contributed by atoms with Crippen LogP contribution in [0.4, 0.5) is 4.39 Å². The Kier molecular flexibility index (Phi) is 6.00. The van der Waals surface area contributed by atoms with E-state index in [1.54, 1.807) is 23.2 Å². The van der Waals surface area contributed by atoms with E-state index in [-0.39, 0.29) is 12.0 Å². The summed E-state index contributed by atoms with van der Waals surface area (Å²) in [6.45, 7) is 2.20. The Morgan fingerprint density at radius 2 is 2.07 bits per heavy atom. The molecule has 0 saturated carbocycles. The van der Waals surface area contributed by atoms with Crippen LogP contribution in [0.15, 0.2) is 67.0 Å². The van der Waals surface area contributed by atoms with Gasteiger partial charge in [-0.3, -0.25) is 4.79 Å². The van der Waals surface area contributed by atoms with Crippen LogP contribution in [0.2, 0.25) is 0 Å². The van der Waals surface area contributed by atoms with E-state index >= 15 is 0 Å². The summed E-state index contributed by atoms with van der Waals surface area (Å²) in [6.07, 6.45) is 5.58. The fourth-order valence-corrected chi connectivity index (χ4v) is 3.64. The molecule has 0 N–H and O–H groups in total. The van der Waals surface area contributed by atoms with Gasteiger partial charge < -0.3 is 14.2 Å². The Morgan fingerprint density at radius 1 is 1.21 bits per heavy atom. The lowest BCUT2D eigenvalue weighted by Gasteiger charge is -2.25. The van der Waals surface area contributed by atoms with Crippen LogP contribution in [0.5, 0.6) is 0 Å². The highest BCUT2D eigenvalue weighted by Crippen LogP contribution is 2.18. The van der Waals surface area contributed by atoms with Crippen molar-refractivity contribution in [2.75, 3.05) is 13.2 Å². The molecule has 4 rings (SSSR count). The molecule has 1 aliphatic rings. The number of imidazole rings is 1. The summed E-state index contributed by atoms with van der Waals surface area (Å²) < 4.78 is 21.4. The summed E-state index contributed by atoms with van der Waals surface area (Å²) in [5, 5.41) is 0. The van der Waals surface area contributed by atoms with Crippen LogP contribution in [0.3, 0.4) is 0 Å². The molecule has 1 aliphatic heterocycles. The van der Waals surface area contributed by atoms with Crippen LogP contribution in [-0.2, 0) is 17.8 Å². The van der Waals surface area contributed by atoms with E-state index < -0.39 is 5.82 Å². The predicted octanol–water partition coefficient (Wildman–Crippen LogP) is 3.89. The molecule has 1 fully saturated rings.